The SMILES string of the molecule is C[C@@H](NC(=O)/C=C/c1cccc(N)c1)C1CCCC1. The lowest BCUT2D eigenvalue weighted by molar-refractivity contribution is -0.117. The third kappa shape index (κ3) is 4.12. The van der Waals surface area contributed by atoms with Crippen molar-refractivity contribution in [3.8, 4) is 0 Å². The molecule has 3 N–H and O–H groups in total. The van der Waals surface area contributed by atoms with Crippen molar-refractivity contribution in [3.63, 3.8) is 0 Å². The van der Waals surface area contributed by atoms with E-state index in [0.29, 0.717) is 11.6 Å². The largest absolute Gasteiger partial charge is 0.399 e. The molecule has 2 rings (SSSR count). The first kappa shape index (κ1) is 13.7. The van der Waals surface area contributed by atoms with Gasteiger partial charge in [-0.05, 0) is 49.5 Å². The molecular weight excluding hydrogens is 236 g/mol. The number of carbonyl (C=O) groups is 1. The van der Waals surface area contributed by atoms with E-state index >= 15 is 0 Å². The lowest BCUT2D eigenvalue weighted by Gasteiger charge is -2.19. The first-order chi connectivity index (χ1) is 9.15. The van der Waals surface area contributed by atoms with Crippen LogP contribution in [0, 0.1) is 5.92 Å². The first-order valence-corrected chi connectivity index (χ1v) is 6.99. The smallest absolute Gasteiger partial charge is 0.244 e. The summed E-state index contributed by atoms with van der Waals surface area (Å²) in [6.07, 6.45) is 8.45. The molecule has 1 aliphatic rings. The molecule has 1 aliphatic carbocycles. The normalized spacial score (nSPS) is 17.7. The van der Waals surface area contributed by atoms with Crippen molar-refractivity contribution < 1.29 is 4.79 Å². The molecule has 0 aliphatic heterocycles. The van der Waals surface area contributed by atoms with E-state index in [-0.39, 0.29) is 11.9 Å². The van der Waals surface area contributed by atoms with Crippen molar-refractivity contribution in [3.05, 3.63) is 35.9 Å². The van der Waals surface area contributed by atoms with Crippen LogP contribution in [0.15, 0.2) is 30.3 Å². The predicted molar refractivity (Wildman–Crippen MR) is 79.5 cm³/mol. The minimum Gasteiger partial charge on any atom is -0.399 e. The van der Waals surface area contributed by atoms with Gasteiger partial charge in [0.1, 0.15) is 0 Å². The molecule has 19 heavy (non-hydrogen) atoms. The molecule has 1 aromatic rings. The van der Waals surface area contributed by atoms with E-state index in [1.165, 1.54) is 25.7 Å². The fraction of sp³-hybridized carbons (Fsp3) is 0.438. The van der Waals surface area contributed by atoms with Crippen molar-refractivity contribution in [1.82, 2.24) is 5.32 Å². The summed E-state index contributed by atoms with van der Waals surface area (Å²) < 4.78 is 0. The Hall–Kier alpha value is -1.77. The Morgan fingerprint density at radius 3 is 2.84 bits per heavy atom. The van der Waals surface area contributed by atoms with Crippen molar-refractivity contribution in [1.29, 1.82) is 0 Å². The van der Waals surface area contributed by atoms with Crippen LogP contribution in [-0.2, 0) is 4.79 Å². The zero-order valence-electron chi connectivity index (χ0n) is 11.4. The highest BCUT2D eigenvalue weighted by Crippen LogP contribution is 2.27. The minimum atomic E-state index is -0.0261. The van der Waals surface area contributed by atoms with Crippen molar-refractivity contribution >= 4 is 17.7 Å². The number of rotatable bonds is 4. The number of anilines is 1. The molecule has 0 spiro atoms. The predicted octanol–water partition coefficient (Wildman–Crippen LogP) is 2.98. The molecule has 0 aromatic heterocycles. The maximum atomic E-state index is 11.8. The van der Waals surface area contributed by atoms with Gasteiger partial charge in [-0.2, -0.15) is 0 Å². The summed E-state index contributed by atoms with van der Waals surface area (Å²) in [5.74, 6) is 0.617. The van der Waals surface area contributed by atoms with Crippen molar-refractivity contribution in [2.24, 2.45) is 5.92 Å². The Balaban J connectivity index is 1.86. The third-order valence-electron chi connectivity index (χ3n) is 3.81. The van der Waals surface area contributed by atoms with Gasteiger partial charge in [0, 0.05) is 17.8 Å². The fourth-order valence-corrected chi connectivity index (χ4v) is 2.68. The summed E-state index contributed by atoms with van der Waals surface area (Å²) in [4.78, 5) is 11.8. The molecule has 1 amide bonds. The lowest BCUT2D eigenvalue weighted by Crippen LogP contribution is -2.36. The van der Waals surface area contributed by atoms with Crippen LogP contribution in [0.5, 0.6) is 0 Å². The van der Waals surface area contributed by atoms with Crippen LogP contribution in [0.25, 0.3) is 6.08 Å². The summed E-state index contributed by atoms with van der Waals surface area (Å²) in [5.41, 5.74) is 7.35. The van der Waals surface area contributed by atoms with Crippen LogP contribution in [0.1, 0.15) is 38.2 Å². The number of nitrogens with one attached hydrogen (secondary N) is 1. The van der Waals surface area contributed by atoms with E-state index in [9.17, 15) is 4.79 Å². The summed E-state index contributed by atoms with van der Waals surface area (Å²) in [7, 11) is 0. The van der Waals surface area contributed by atoms with Crippen molar-refractivity contribution in [2.45, 2.75) is 38.6 Å². The Kier molecular flexibility index (Phi) is 4.61. The second-order valence-electron chi connectivity index (χ2n) is 5.35. The number of nitrogens with two attached hydrogens (primary N) is 1. The van der Waals surface area contributed by atoms with Crippen LogP contribution < -0.4 is 11.1 Å². The molecule has 1 fully saturated rings. The van der Waals surface area contributed by atoms with Gasteiger partial charge < -0.3 is 11.1 Å². The van der Waals surface area contributed by atoms with Gasteiger partial charge in [0.2, 0.25) is 5.91 Å². The molecule has 3 heteroatoms. The number of nitrogen functional groups attached to an aromatic ring is 1. The second-order valence-corrected chi connectivity index (χ2v) is 5.35. The zero-order valence-corrected chi connectivity index (χ0v) is 11.4. The summed E-state index contributed by atoms with van der Waals surface area (Å²) in [6.45, 7) is 2.10. The summed E-state index contributed by atoms with van der Waals surface area (Å²) in [6, 6.07) is 7.76. The van der Waals surface area contributed by atoms with E-state index in [0.717, 1.165) is 5.56 Å². The standard InChI is InChI=1S/C16H22N2O/c1-12(14-6-2-3-7-14)18-16(19)10-9-13-5-4-8-15(17)11-13/h4-5,8-12,14H,2-3,6-7,17H2,1H3,(H,18,19)/b10-9+/t12-/m1/s1. The molecule has 3 nitrogen and oxygen atoms in total. The van der Waals surface area contributed by atoms with Gasteiger partial charge in [-0.3, -0.25) is 4.79 Å². The number of amides is 1. The lowest BCUT2D eigenvalue weighted by atomic mass is 10.00. The maximum absolute atomic E-state index is 11.8. The highest BCUT2D eigenvalue weighted by atomic mass is 16.1. The molecule has 1 saturated carbocycles. The average Bonchev–Trinajstić information content (AvgIpc) is 2.90. The molecular formula is C16H22N2O. The van der Waals surface area contributed by atoms with Gasteiger partial charge in [0.25, 0.3) is 0 Å². The van der Waals surface area contributed by atoms with Gasteiger partial charge >= 0.3 is 0 Å². The average molecular weight is 258 g/mol. The van der Waals surface area contributed by atoms with Gasteiger partial charge in [-0.1, -0.05) is 25.0 Å². The quantitative estimate of drug-likeness (QED) is 0.644. The molecule has 1 atom stereocenters. The Morgan fingerprint density at radius 2 is 2.16 bits per heavy atom. The minimum absolute atomic E-state index is 0.0261. The molecule has 0 heterocycles. The van der Waals surface area contributed by atoms with Crippen LogP contribution in [0.3, 0.4) is 0 Å². The van der Waals surface area contributed by atoms with E-state index < -0.39 is 0 Å². The third-order valence-corrected chi connectivity index (χ3v) is 3.81. The molecule has 0 unspecified atom stereocenters. The van der Waals surface area contributed by atoms with E-state index in [1.54, 1.807) is 12.2 Å². The van der Waals surface area contributed by atoms with E-state index in [2.05, 4.69) is 12.2 Å². The molecule has 102 valence electrons. The van der Waals surface area contributed by atoms with Gasteiger partial charge in [-0.15, -0.1) is 0 Å². The number of benzene rings is 1. The van der Waals surface area contributed by atoms with Crippen LogP contribution in [-0.4, -0.2) is 11.9 Å². The summed E-state index contributed by atoms with van der Waals surface area (Å²) >= 11 is 0. The molecule has 1 aromatic carbocycles. The van der Waals surface area contributed by atoms with Gasteiger partial charge in [0.15, 0.2) is 0 Å². The topological polar surface area (TPSA) is 55.1 Å². The van der Waals surface area contributed by atoms with E-state index in [4.69, 9.17) is 5.73 Å². The van der Waals surface area contributed by atoms with Crippen LogP contribution >= 0.6 is 0 Å². The Labute approximate surface area is 114 Å². The number of hydrogen-bond acceptors (Lipinski definition) is 2. The molecule has 0 bridgehead atoms. The Morgan fingerprint density at radius 1 is 1.42 bits per heavy atom. The first-order valence-electron chi connectivity index (χ1n) is 6.99. The highest BCUT2D eigenvalue weighted by Gasteiger charge is 2.21. The molecule has 0 radical (unpaired) electrons. The summed E-state index contributed by atoms with van der Waals surface area (Å²) in [5, 5.41) is 3.05. The number of hydrogen-bond donors (Lipinski definition) is 2. The van der Waals surface area contributed by atoms with Crippen LogP contribution in [0.4, 0.5) is 5.69 Å². The molecule has 0 saturated heterocycles. The monoisotopic (exact) mass is 258 g/mol. The van der Waals surface area contributed by atoms with Gasteiger partial charge in [-0.25, -0.2) is 0 Å². The maximum Gasteiger partial charge on any atom is 0.244 e. The van der Waals surface area contributed by atoms with E-state index in [1.807, 2.05) is 24.3 Å². The van der Waals surface area contributed by atoms with Gasteiger partial charge in [0.05, 0.1) is 0 Å². The Bertz CT molecular complexity index is 462. The zero-order chi connectivity index (χ0) is 13.7. The highest BCUT2D eigenvalue weighted by molar-refractivity contribution is 5.92. The van der Waals surface area contributed by atoms with Crippen molar-refractivity contribution in [2.75, 3.05) is 5.73 Å². The fourth-order valence-electron chi connectivity index (χ4n) is 2.68. The number of carbonyl (C=O) groups excluding carboxylic acids is 1. The van der Waals surface area contributed by atoms with Crippen LogP contribution in [0.2, 0.25) is 0 Å². The second kappa shape index (κ2) is 6.41.